The number of carbonyl (C=O) groups excluding carboxylic acids is 2. The maximum absolute atomic E-state index is 13.1. The summed E-state index contributed by atoms with van der Waals surface area (Å²) in [5.74, 6) is 0.378. The van der Waals surface area contributed by atoms with Crippen molar-refractivity contribution in [2.75, 3.05) is 17.7 Å². The van der Waals surface area contributed by atoms with Gasteiger partial charge in [-0.05, 0) is 75.6 Å². The molecule has 3 heterocycles. The molecule has 0 bridgehead atoms. The molecule has 1 aliphatic rings. The van der Waals surface area contributed by atoms with Gasteiger partial charge >= 0.3 is 0 Å². The van der Waals surface area contributed by atoms with Crippen LogP contribution in [0.15, 0.2) is 66.0 Å². The molecule has 1 aliphatic heterocycles. The fourth-order valence-electron chi connectivity index (χ4n) is 4.70. The number of likely N-dealkylation sites (tertiary alicyclic amines) is 1. The highest BCUT2D eigenvalue weighted by atomic mass is 32.2. The van der Waals surface area contributed by atoms with Gasteiger partial charge in [0.15, 0.2) is 9.84 Å². The molecular formula is C30H33N5O5S. The summed E-state index contributed by atoms with van der Waals surface area (Å²) in [6.07, 6.45) is 6.26. The number of ether oxygens (including phenoxy) is 1. The van der Waals surface area contributed by atoms with Crippen molar-refractivity contribution in [1.82, 2.24) is 19.7 Å². The van der Waals surface area contributed by atoms with Crippen molar-refractivity contribution in [3.05, 3.63) is 72.2 Å². The minimum atomic E-state index is -3.73. The molecule has 2 aromatic carbocycles. The number of aryl methyl sites for hydroxylation is 1. The van der Waals surface area contributed by atoms with Crippen LogP contribution in [0.3, 0.4) is 0 Å². The van der Waals surface area contributed by atoms with Crippen LogP contribution in [0.5, 0.6) is 11.5 Å². The maximum atomic E-state index is 13.1. The summed E-state index contributed by atoms with van der Waals surface area (Å²) in [6.45, 7) is 8.43. The fraction of sp³-hybridized carbons (Fsp3) is 0.333. The van der Waals surface area contributed by atoms with Crippen molar-refractivity contribution in [1.29, 1.82) is 0 Å². The second kappa shape index (κ2) is 11.0. The minimum absolute atomic E-state index is 0.105. The van der Waals surface area contributed by atoms with E-state index in [1.165, 1.54) is 11.0 Å². The molecule has 10 nitrogen and oxygen atoms in total. The smallest absolute Gasteiger partial charge is 0.228 e. The van der Waals surface area contributed by atoms with Crippen LogP contribution in [-0.2, 0) is 31.4 Å². The van der Waals surface area contributed by atoms with E-state index in [0.29, 0.717) is 47.5 Å². The van der Waals surface area contributed by atoms with Crippen LogP contribution >= 0.6 is 0 Å². The average molecular weight is 576 g/mol. The highest BCUT2D eigenvalue weighted by Crippen LogP contribution is 2.33. The Kier molecular flexibility index (Phi) is 7.56. The Morgan fingerprint density at radius 2 is 1.90 bits per heavy atom. The van der Waals surface area contributed by atoms with Crippen LogP contribution in [0.4, 0.5) is 5.69 Å². The van der Waals surface area contributed by atoms with Gasteiger partial charge in [0.05, 0.1) is 34.3 Å². The summed E-state index contributed by atoms with van der Waals surface area (Å²) in [5, 5.41) is 7.74. The molecular weight excluding hydrogens is 542 g/mol. The minimum Gasteiger partial charge on any atom is -0.456 e. The zero-order chi connectivity index (χ0) is 29.4. The summed E-state index contributed by atoms with van der Waals surface area (Å²) < 4.78 is 34.2. The molecule has 0 atom stereocenters. The van der Waals surface area contributed by atoms with E-state index in [-0.39, 0.29) is 34.5 Å². The number of pyridine rings is 1. The molecule has 4 aromatic rings. The van der Waals surface area contributed by atoms with E-state index in [1.807, 2.05) is 46.0 Å². The summed E-state index contributed by atoms with van der Waals surface area (Å²) in [6, 6.07) is 11.9. The van der Waals surface area contributed by atoms with Crippen LogP contribution in [0.1, 0.15) is 44.7 Å². The molecule has 1 N–H and O–H groups in total. The van der Waals surface area contributed by atoms with E-state index < -0.39 is 9.84 Å². The summed E-state index contributed by atoms with van der Waals surface area (Å²) in [7, 11) is -3.73. The Morgan fingerprint density at radius 3 is 2.59 bits per heavy atom. The van der Waals surface area contributed by atoms with Gasteiger partial charge < -0.3 is 15.0 Å². The normalized spacial score (nSPS) is 14.0. The molecule has 0 aliphatic carbocycles. The first-order chi connectivity index (χ1) is 19.4. The lowest BCUT2D eigenvalue weighted by Crippen LogP contribution is -2.30. The first kappa shape index (κ1) is 28.3. The van der Waals surface area contributed by atoms with Crippen LogP contribution in [0.25, 0.3) is 10.9 Å². The third-order valence-electron chi connectivity index (χ3n) is 6.91. The first-order valence-electron chi connectivity index (χ1n) is 13.4. The molecule has 2 aromatic heterocycles. The number of rotatable bonds is 8. The number of aromatic nitrogens is 3. The number of sulfone groups is 1. The average Bonchev–Trinajstić information content (AvgIpc) is 3.54. The SMILES string of the molecule is Cc1cc(CC(=O)Nc2cnn(C(C)(C)C)c2)ccc1Oc1ccnc2ccc(S(=O)(=O)CN3CCCC3=O)cc12. The van der Waals surface area contributed by atoms with Gasteiger partial charge in [0.1, 0.15) is 17.4 Å². The van der Waals surface area contributed by atoms with Gasteiger partial charge in [-0.3, -0.25) is 19.3 Å². The monoisotopic (exact) mass is 575 g/mol. The Bertz CT molecular complexity index is 1740. The van der Waals surface area contributed by atoms with Crippen LogP contribution in [0, 0.1) is 6.92 Å². The third-order valence-corrected chi connectivity index (χ3v) is 8.53. The lowest BCUT2D eigenvalue weighted by atomic mass is 10.1. The number of amides is 2. The Hall–Kier alpha value is -4.25. The van der Waals surface area contributed by atoms with Crippen molar-refractivity contribution >= 4 is 38.2 Å². The molecule has 0 spiro atoms. The molecule has 214 valence electrons. The van der Waals surface area contributed by atoms with Gasteiger partial charge in [-0.1, -0.05) is 12.1 Å². The molecule has 1 fully saturated rings. The van der Waals surface area contributed by atoms with Crippen molar-refractivity contribution in [2.24, 2.45) is 0 Å². The molecule has 1 saturated heterocycles. The van der Waals surface area contributed by atoms with Gasteiger partial charge in [0.25, 0.3) is 0 Å². The molecule has 41 heavy (non-hydrogen) atoms. The number of nitrogens with zero attached hydrogens (tertiary/aromatic N) is 4. The van der Waals surface area contributed by atoms with Crippen LogP contribution in [0.2, 0.25) is 0 Å². The number of carbonyl (C=O) groups is 2. The van der Waals surface area contributed by atoms with E-state index in [1.54, 1.807) is 41.3 Å². The Morgan fingerprint density at radius 1 is 1.10 bits per heavy atom. The second-order valence-corrected chi connectivity index (χ2v) is 13.2. The van der Waals surface area contributed by atoms with Crippen LogP contribution in [-0.4, -0.2) is 52.3 Å². The largest absolute Gasteiger partial charge is 0.456 e. The number of benzene rings is 2. The lowest BCUT2D eigenvalue weighted by molar-refractivity contribution is -0.127. The topological polar surface area (TPSA) is 123 Å². The van der Waals surface area contributed by atoms with Crippen molar-refractivity contribution in [2.45, 2.75) is 57.4 Å². The predicted octanol–water partition coefficient (Wildman–Crippen LogP) is 4.82. The number of nitrogens with one attached hydrogen (secondary N) is 1. The summed E-state index contributed by atoms with van der Waals surface area (Å²) in [4.78, 5) is 30.5. The number of hydrogen-bond acceptors (Lipinski definition) is 7. The highest BCUT2D eigenvalue weighted by Gasteiger charge is 2.27. The maximum Gasteiger partial charge on any atom is 0.228 e. The zero-order valence-electron chi connectivity index (χ0n) is 23.5. The zero-order valence-corrected chi connectivity index (χ0v) is 24.4. The van der Waals surface area contributed by atoms with Crippen molar-refractivity contribution in [3.63, 3.8) is 0 Å². The number of anilines is 1. The van der Waals surface area contributed by atoms with E-state index in [4.69, 9.17) is 4.74 Å². The molecule has 2 amide bonds. The molecule has 5 rings (SSSR count). The predicted molar refractivity (Wildman–Crippen MR) is 156 cm³/mol. The van der Waals surface area contributed by atoms with Gasteiger partial charge in [-0.2, -0.15) is 5.10 Å². The van der Waals surface area contributed by atoms with Gasteiger partial charge in [-0.15, -0.1) is 0 Å². The van der Waals surface area contributed by atoms with E-state index in [0.717, 1.165) is 11.1 Å². The highest BCUT2D eigenvalue weighted by molar-refractivity contribution is 7.91. The van der Waals surface area contributed by atoms with Gasteiger partial charge in [0.2, 0.25) is 11.8 Å². The second-order valence-electron chi connectivity index (χ2n) is 11.3. The fourth-order valence-corrected chi connectivity index (χ4v) is 6.11. The summed E-state index contributed by atoms with van der Waals surface area (Å²) in [5.41, 5.74) is 2.68. The molecule has 0 radical (unpaired) electrons. The van der Waals surface area contributed by atoms with Crippen molar-refractivity contribution < 1.29 is 22.7 Å². The van der Waals surface area contributed by atoms with Gasteiger partial charge in [0, 0.05) is 30.7 Å². The Balaban J connectivity index is 1.31. The first-order valence-corrected chi connectivity index (χ1v) is 15.1. The Labute approximate surface area is 239 Å². The quantitative estimate of drug-likeness (QED) is 0.319. The number of fused-ring (bicyclic) bond motifs is 1. The van der Waals surface area contributed by atoms with Crippen molar-refractivity contribution in [3.8, 4) is 11.5 Å². The van der Waals surface area contributed by atoms with Gasteiger partial charge in [-0.25, -0.2) is 8.42 Å². The lowest BCUT2D eigenvalue weighted by Gasteiger charge is -2.18. The molecule has 0 saturated carbocycles. The van der Waals surface area contributed by atoms with E-state index in [2.05, 4.69) is 15.4 Å². The summed E-state index contributed by atoms with van der Waals surface area (Å²) >= 11 is 0. The van der Waals surface area contributed by atoms with E-state index >= 15 is 0 Å². The molecule has 11 heteroatoms. The molecule has 0 unspecified atom stereocenters. The standard InChI is InChI=1S/C30H33N5O5S/c1-20-14-21(15-28(36)33-22-17-32-35(18-22)30(2,3)4)7-10-26(20)40-27-11-12-31-25-9-8-23(16-24(25)27)41(38,39)19-34-13-5-6-29(34)37/h7-12,14,16-18H,5-6,13,15,19H2,1-4H3,(H,33,36). The third kappa shape index (κ3) is 6.40. The van der Waals surface area contributed by atoms with Crippen LogP contribution < -0.4 is 10.1 Å². The number of hydrogen-bond donors (Lipinski definition) is 1. The van der Waals surface area contributed by atoms with E-state index in [9.17, 15) is 18.0 Å².